The van der Waals surface area contributed by atoms with Crippen LogP contribution in [0.2, 0.25) is 0 Å². The fraction of sp³-hybridized carbons (Fsp3) is 0.571. The van der Waals surface area contributed by atoms with E-state index in [4.69, 9.17) is 5.73 Å². The molecular formula is C14H18F4N2. The first-order valence-corrected chi connectivity index (χ1v) is 6.66. The van der Waals surface area contributed by atoms with Crippen molar-refractivity contribution in [2.24, 2.45) is 11.7 Å². The second-order valence-electron chi connectivity index (χ2n) is 5.30. The van der Waals surface area contributed by atoms with Gasteiger partial charge in [-0.05, 0) is 37.1 Å². The van der Waals surface area contributed by atoms with Crippen molar-refractivity contribution in [2.45, 2.75) is 25.1 Å². The minimum atomic E-state index is -4.14. The predicted molar refractivity (Wildman–Crippen MR) is 68.5 cm³/mol. The molecule has 0 radical (unpaired) electrons. The number of nitrogens with zero attached hydrogens (tertiary/aromatic N) is 1. The van der Waals surface area contributed by atoms with Gasteiger partial charge >= 0.3 is 6.18 Å². The van der Waals surface area contributed by atoms with Gasteiger partial charge in [-0.2, -0.15) is 13.2 Å². The Labute approximate surface area is 115 Å². The van der Waals surface area contributed by atoms with Gasteiger partial charge in [0.15, 0.2) is 0 Å². The lowest BCUT2D eigenvalue weighted by atomic mass is 9.96. The molecule has 0 bridgehead atoms. The van der Waals surface area contributed by atoms with E-state index in [9.17, 15) is 17.6 Å². The normalized spacial score (nSPS) is 22.8. The number of halogens is 4. The number of benzene rings is 1. The molecule has 2 nitrogen and oxygen atoms in total. The smallest absolute Gasteiger partial charge is 0.323 e. The van der Waals surface area contributed by atoms with Crippen molar-refractivity contribution in [3.05, 3.63) is 35.6 Å². The van der Waals surface area contributed by atoms with Crippen LogP contribution >= 0.6 is 0 Å². The van der Waals surface area contributed by atoms with Gasteiger partial charge in [0.05, 0.1) is 5.92 Å². The molecule has 0 aromatic heterocycles. The molecule has 0 saturated carbocycles. The molecule has 6 heteroatoms. The summed E-state index contributed by atoms with van der Waals surface area (Å²) in [6.07, 6.45) is -3.43. The minimum absolute atomic E-state index is 0.00159. The van der Waals surface area contributed by atoms with E-state index in [0.29, 0.717) is 19.5 Å². The second-order valence-corrected chi connectivity index (χ2v) is 5.30. The van der Waals surface area contributed by atoms with Gasteiger partial charge in [-0.25, -0.2) is 4.39 Å². The first-order valence-electron chi connectivity index (χ1n) is 6.66. The molecule has 1 aliphatic rings. The standard InChI is InChI=1S/C14H18F4N2/c15-12-5-3-10(4-6-12)13(19)9-20-7-1-2-11(8-20)14(16,17)18/h3-6,11,13H,1-2,7-9,19H2. The van der Waals surface area contributed by atoms with Crippen LogP contribution in [0, 0.1) is 11.7 Å². The summed E-state index contributed by atoms with van der Waals surface area (Å²) in [4.78, 5) is 1.75. The van der Waals surface area contributed by atoms with Crippen LogP contribution in [0.15, 0.2) is 24.3 Å². The highest BCUT2D eigenvalue weighted by atomic mass is 19.4. The van der Waals surface area contributed by atoms with E-state index in [1.165, 1.54) is 12.1 Å². The van der Waals surface area contributed by atoms with Crippen LogP contribution in [0.25, 0.3) is 0 Å². The maximum absolute atomic E-state index is 12.8. The van der Waals surface area contributed by atoms with Crippen molar-refractivity contribution in [2.75, 3.05) is 19.6 Å². The molecule has 1 aliphatic heterocycles. The molecule has 0 aliphatic carbocycles. The molecule has 2 unspecified atom stereocenters. The summed E-state index contributed by atoms with van der Waals surface area (Å²) in [5, 5.41) is 0. The topological polar surface area (TPSA) is 29.3 Å². The lowest BCUT2D eigenvalue weighted by Gasteiger charge is -2.35. The number of likely N-dealkylation sites (tertiary alicyclic amines) is 1. The van der Waals surface area contributed by atoms with E-state index in [0.717, 1.165) is 5.56 Å². The van der Waals surface area contributed by atoms with E-state index in [1.54, 1.807) is 17.0 Å². The predicted octanol–water partition coefficient (Wildman–Crippen LogP) is 3.10. The van der Waals surface area contributed by atoms with Gasteiger partial charge in [0, 0.05) is 19.1 Å². The molecule has 2 N–H and O–H groups in total. The third kappa shape index (κ3) is 3.93. The maximum Gasteiger partial charge on any atom is 0.393 e. The van der Waals surface area contributed by atoms with Gasteiger partial charge < -0.3 is 10.6 Å². The Balaban J connectivity index is 1.94. The van der Waals surface area contributed by atoms with Gasteiger partial charge in [-0.3, -0.25) is 0 Å². The highest BCUT2D eigenvalue weighted by molar-refractivity contribution is 5.19. The van der Waals surface area contributed by atoms with Gasteiger partial charge in [0.25, 0.3) is 0 Å². The Bertz CT molecular complexity index is 430. The molecule has 1 heterocycles. The summed E-state index contributed by atoms with van der Waals surface area (Å²) in [5.74, 6) is -1.62. The molecule has 112 valence electrons. The van der Waals surface area contributed by atoms with E-state index in [1.807, 2.05) is 0 Å². The largest absolute Gasteiger partial charge is 0.393 e. The van der Waals surface area contributed by atoms with Crippen molar-refractivity contribution in [1.82, 2.24) is 4.90 Å². The fourth-order valence-electron chi connectivity index (χ4n) is 2.58. The summed E-state index contributed by atoms with van der Waals surface area (Å²) < 4.78 is 51.0. The van der Waals surface area contributed by atoms with E-state index in [2.05, 4.69) is 0 Å². The Morgan fingerprint density at radius 1 is 1.25 bits per heavy atom. The minimum Gasteiger partial charge on any atom is -0.323 e. The SMILES string of the molecule is NC(CN1CCCC(C(F)(F)F)C1)c1ccc(F)cc1. The first-order chi connectivity index (χ1) is 9.36. The number of hydrogen-bond acceptors (Lipinski definition) is 2. The number of hydrogen-bond donors (Lipinski definition) is 1. The summed E-state index contributed by atoms with van der Waals surface area (Å²) >= 11 is 0. The Kier molecular flexibility index (Phi) is 4.65. The number of rotatable bonds is 3. The van der Waals surface area contributed by atoms with Crippen molar-refractivity contribution in [1.29, 1.82) is 0 Å². The summed E-state index contributed by atoms with van der Waals surface area (Å²) in [5.41, 5.74) is 6.72. The lowest BCUT2D eigenvalue weighted by molar-refractivity contribution is -0.186. The van der Waals surface area contributed by atoms with Crippen LogP contribution in [0.4, 0.5) is 17.6 Å². The van der Waals surface area contributed by atoms with Crippen LogP contribution < -0.4 is 5.73 Å². The van der Waals surface area contributed by atoms with E-state index >= 15 is 0 Å². The van der Waals surface area contributed by atoms with Crippen molar-refractivity contribution >= 4 is 0 Å². The van der Waals surface area contributed by atoms with Crippen LogP contribution in [0.5, 0.6) is 0 Å². The van der Waals surface area contributed by atoms with Crippen LogP contribution in [-0.4, -0.2) is 30.7 Å². The zero-order chi connectivity index (χ0) is 14.8. The monoisotopic (exact) mass is 290 g/mol. The third-order valence-corrected chi connectivity index (χ3v) is 3.72. The third-order valence-electron chi connectivity index (χ3n) is 3.72. The Morgan fingerprint density at radius 3 is 2.50 bits per heavy atom. The molecule has 1 aromatic carbocycles. The lowest BCUT2D eigenvalue weighted by Crippen LogP contribution is -2.44. The Hall–Kier alpha value is -1.14. The number of nitrogens with two attached hydrogens (primary N) is 1. The van der Waals surface area contributed by atoms with Crippen molar-refractivity contribution < 1.29 is 17.6 Å². The Morgan fingerprint density at radius 2 is 1.90 bits per heavy atom. The molecule has 20 heavy (non-hydrogen) atoms. The summed E-state index contributed by atoms with van der Waals surface area (Å²) in [6.45, 7) is 0.984. The fourth-order valence-corrected chi connectivity index (χ4v) is 2.58. The summed E-state index contributed by atoms with van der Waals surface area (Å²) in [7, 11) is 0. The quantitative estimate of drug-likeness (QED) is 0.867. The molecule has 1 saturated heterocycles. The van der Waals surface area contributed by atoms with Crippen LogP contribution in [-0.2, 0) is 0 Å². The van der Waals surface area contributed by atoms with Gasteiger partial charge in [0.1, 0.15) is 5.82 Å². The van der Waals surface area contributed by atoms with Crippen LogP contribution in [0.1, 0.15) is 24.4 Å². The molecule has 1 fully saturated rings. The maximum atomic E-state index is 12.8. The highest BCUT2D eigenvalue weighted by Gasteiger charge is 2.41. The molecule has 2 atom stereocenters. The van der Waals surface area contributed by atoms with Crippen LogP contribution in [0.3, 0.4) is 0 Å². The van der Waals surface area contributed by atoms with Gasteiger partial charge in [-0.1, -0.05) is 12.1 Å². The molecular weight excluding hydrogens is 272 g/mol. The molecule has 0 spiro atoms. The molecule has 0 amide bonds. The molecule has 2 rings (SSSR count). The number of alkyl halides is 3. The van der Waals surface area contributed by atoms with Gasteiger partial charge in [0.2, 0.25) is 0 Å². The highest BCUT2D eigenvalue weighted by Crippen LogP contribution is 2.33. The summed E-state index contributed by atoms with van der Waals surface area (Å²) in [6, 6.07) is 5.37. The zero-order valence-corrected chi connectivity index (χ0v) is 11.0. The number of piperidine rings is 1. The molecule has 1 aromatic rings. The first kappa shape index (κ1) is 15.3. The van der Waals surface area contributed by atoms with E-state index < -0.39 is 18.1 Å². The van der Waals surface area contributed by atoms with Crippen molar-refractivity contribution in [3.63, 3.8) is 0 Å². The second kappa shape index (κ2) is 6.10. The average molecular weight is 290 g/mol. The van der Waals surface area contributed by atoms with E-state index in [-0.39, 0.29) is 18.8 Å². The van der Waals surface area contributed by atoms with Crippen molar-refractivity contribution in [3.8, 4) is 0 Å². The van der Waals surface area contributed by atoms with Gasteiger partial charge in [-0.15, -0.1) is 0 Å². The zero-order valence-electron chi connectivity index (χ0n) is 11.0. The average Bonchev–Trinajstić information content (AvgIpc) is 2.38.